The molecular formula is C16H23N11O. The first-order valence-electron chi connectivity index (χ1n) is 9.13. The predicted octanol–water partition coefficient (Wildman–Crippen LogP) is -0.405. The van der Waals surface area contributed by atoms with E-state index in [1.165, 1.54) is 17.2 Å². The van der Waals surface area contributed by atoms with Gasteiger partial charge in [-0.2, -0.15) is 9.78 Å². The summed E-state index contributed by atoms with van der Waals surface area (Å²) in [6, 6.07) is 0. The van der Waals surface area contributed by atoms with Gasteiger partial charge in [0.2, 0.25) is 0 Å². The molecule has 1 fully saturated rings. The van der Waals surface area contributed by atoms with Crippen molar-refractivity contribution >= 4 is 5.91 Å². The predicted molar refractivity (Wildman–Crippen MR) is 97.6 cm³/mol. The average Bonchev–Trinajstić information content (AvgIpc) is 3.42. The summed E-state index contributed by atoms with van der Waals surface area (Å²) in [6.45, 7) is 2.06. The highest BCUT2D eigenvalue weighted by atomic mass is 16.2. The van der Waals surface area contributed by atoms with Crippen molar-refractivity contribution in [1.82, 2.24) is 55.0 Å². The van der Waals surface area contributed by atoms with Crippen molar-refractivity contribution in [2.24, 2.45) is 7.05 Å². The Kier molecular flexibility index (Phi) is 4.86. The molecule has 1 saturated heterocycles. The Balaban J connectivity index is 1.43. The third kappa shape index (κ3) is 3.38. The van der Waals surface area contributed by atoms with Gasteiger partial charge in [0, 0.05) is 26.1 Å². The van der Waals surface area contributed by atoms with Crippen molar-refractivity contribution in [2.45, 2.75) is 25.3 Å². The van der Waals surface area contributed by atoms with Gasteiger partial charge in [0.25, 0.3) is 5.91 Å². The summed E-state index contributed by atoms with van der Waals surface area (Å²) in [6.07, 6.45) is 4.63. The van der Waals surface area contributed by atoms with E-state index in [4.69, 9.17) is 0 Å². The van der Waals surface area contributed by atoms with Gasteiger partial charge in [-0.05, 0) is 37.4 Å². The van der Waals surface area contributed by atoms with Crippen LogP contribution in [0.2, 0.25) is 0 Å². The van der Waals surface area contributed by atoms with Gasteiger partial charge in [0.1, 0.15) is 23.5 Å². The fourth-order valence-corrected chi connectivity index (χ4v) is 3.54. The fraction of sp³-hybridized carbons (Fsp3) is 0.562. The van der Waals surface area contributed by atoms with E-state index < -0.39 is 0 Å². The van der Waals surface area contributed by atoms with Crippen LogP contribution in [-0.4, -0.2) is 88.1 Å². The number of carbonyl (C=O) groups excluding carboxylic acids is 1. The number of hydrogen-bond donors (Lipinski definition) is 1. The van der Waals surface area contributed by atoms with Crippen LogP contribution in [0.4, 0.5) is 0 Å². The van der Waals surface area contributed by atoms with Crippen molar-refractivity contribution in [2.75, 3.05) is 27.2 Å². The molecule has 4 heterocycles. The molecule has 12 nitrogen and oxygen atoms in total. The Morgan fingerprint density at radius 2 is 2.07 bits per heavy atom. The summed E-state index contributed by atoms with van der Waals surface area (Å²) in [5.74, 6) is 2.62. The molecular weight excluding hydrogens is 362 g/mol. The van der Waals surface area contributed by atoms with E-state index >= 15 is 0 Å². The number of hydrogen-bond acceptors (Lipinski definition) is 8. The Morgan fingerprint density at radius 3 is 2.75 bits per heavy atom. The molecule has 0 atom stereocenters. The molecule has 0 saturated carbocycles. The lowest BCUT2D eigenvalue weighted by atomic mass is 9.95. The van der Waals surface area contributed by atoms with Gasteiger partial charge >= 0.3 is 0 Å². The molecule has 0 unspecified atom stereocenters. The van der Waals surface area contributed by atoms with E-state index in [9.17, 15) is 4.79 Å². The number of nitrogens with zero attached hydrogens (tertiary/aromatic N) is 10. The highest BCUT2D eigenvalue weighted by Gasteiger charge is 2.29. The minimum atomic E-state index is -0.0797. The van der Waals surface area contributed by atoms with E-state index in [0.29, 0.717) is 30.4 Å². The maximum atomic E-state index is 13.0. The molecule has 3 aromatic rings. The van der Waals surface area contributed by atoms with Gasteiger partial charge in [-0.25, -0.2) is 0 Å². The van der Waals surface area contributed by atoms with Crippen LogP contribution in [0.5, 0.6) is 0 Å². The van der Waals surface area contributed by atoms with Crippen LogP contribution in [0.25, 0.3) is 5.82 Å². The first-order chi connectivity index (χ1) is 13.5. The zero-order valence-corrected chi connectivity index (χ0v) is 16.1. The molecule has 0 aliphatic carbocycles. The SMILES string of the molecule is CN(C)Cc1nnc(C2CCN(C(=O)c3cn[nH]c3-n3cnnn3)CC2)n1C. The molecule has 1 aliphatic heterocycles. The third-order valence-electron chi connectivity index (χ3n) is 5.03. The molecule has 0 spiro atoms. The number of carbonyl (C=O) groups is 1. The lowest BCUT2D eigenvalue weighted by Crippen LogP contribution is -2.38. The number of amides is 1. The van der Waals surface area contributed by atoms with Crippen LogP contribution >= 0.6 is 0 Å². The highest BCUT2D eigenvalue weighted by molar-refractivity contribution is 5.97. The topological polar surface area (TPSA) is 127 Å². The van der Waals surface area contributed by atoms with Gasteiger partial charge < -0.3 is 14.4 Å². The summed E-state index contributed by atoms with van der Waals surface area (Å²) < 4.78 is 3.48. The van der Waals surface area contributed by atoms with Gasteiger partial charge in [0.05, 0.1) is 12.7 Å². The van der Waals surface area contributed by atoms with Crippen LogP contribution < -0.4 is 0 Å². The maximum Gasteiger partial charge on any atom is 0.259 e. The van der Waals surface area contributed by atoms with Gasteiger partial charge in [-0.15, -0.1) is 15.3 Å². The minimum Gasteiger partial charge on any atom is -0.338 e. The molecule has 4 rings (SSSR count). The Bertz CT molecular complexity index is 934. The zero-order chi connectivity index (χ0) is 19.7. The average molecular weight is 385 g/mol. The van der Waals surface area contributed by atoms with E-state index in [1.807, 2.05) is 26.0 Å². The van der Waals surface area contributed by atoms with Crippen LogP contribution in [0.3, 0.4) is 0 Å². The van der Waals surface area contributed by atoms with E-state index in [2.05, 4.69) is 45.4 Å². The first-order valence-corrected chi connectivity index (χ1v) is 9.13. The molecule has 0 bridgehead atoms. The van der Waals surface area contributed by atoms with E-state index in [1.54, 1.807) is 0 Å². The molecule has 12 heteroatoms. The summed E-state index contributed by atoms with van der Waals surface area (Å²) in [5.41, 5.74) is 0.456. The van der Waals surface area contributed by atoms with Crippen molar-refractivity contribution < 1.29 is 4.79 Å². The number of nitrogens with one attached hydrogen (secondary N) is 1. The lowest BCUT2D eigenvalue weighted by molar-refractivity contribution is 0.0710. The van der Waals surface area contributed by atoms with Gasteiger partial charge in [0.15, 0.2) is 5.82 Å². The van der Waals surface area contributed by atoms with Crippen LogP contribution in [0.15, 0.2) is 12.5 Å². The maximum absolute atomic E-state index is 13.0. The van der Waals surface area contributed by atoms with Gasteiger partial charge in [-0.3, -0.25) is 9.89 Å². The highest BCUT2D eigenvalue weighted by Crippen LogP contribution is 2.28. The summed E-state index contributed by atoms with van der Waals surface area (Å²) in [4.78, 5) is 16.9. The van der Waals surface area contributed by atoms with E-state index in [-0.39, 0.29) is 5.91 Å². The molecule has 1 amide bonds. The largest absolute Gasteiger partial charge is 0.338 e. The van der Waals surface area contributed by atoms with Crippen molar-refractivity contribution in [3.8, 4) is 5.82 Å². The Hall–Kier alpha value is -3.15. The standard InChI is InChI=1S/C16H23N11O/c1-24(2)9-13-19-21-14(25(13)3)11-4-6-26(7-5-11)16(28)12-8-17-20-15(12)27-10-18-22-23-27/h8,10-11H,4-7,9H2,1-3H3,(H,17,20). The number of aromatic amines is 1. The summed E-state index contributed by atoms with van der Waals surface area (Å²) >= 11 is 0. The molecule has 28 heavy (non-hydrogen) atoms. The normalized spacial score (nSPS) is 15.5. The fourth-order valence-electron chi connectivity index (χ4n) is 3.54. The zero-order valence-electron chi connectivity index (χ0n) is 16.1. The molecule has 1 aliphatic rings. The molecule has 148 valence electrons. The summed E-state index contributed by atoms with van der Waals surface area (Å²) in [5, 5.41) is 26.5. The molecule has 0 aromatic carbocycles. The third-order valence-corrected chi connectivity index (χ3v) is 5.03. The molecule has 3 aromatic heterocycles. The second kappa shape index (κ2) is 7.46. The lowest BCUT2D eigenvalue weighted by Gasteiger charge is -2.31. The smallest absolute Gasteiger partial charge is 0.259 e. The number of H-pyrrole nitrogens is 1. The minimum absolute atomic E-state index is 0.0797. The second-order valence-corrected chi connectivity index (χ2v) is 7.22. The van der Waals surface area contributed by atoms with Gasteiger partial charge in [-0.1, -0.05) is 0 Å². The molecule has 0 radical (unpaired) electrons. The van der Waals surface area contributed by atoms with Crippen molar-refractivity contribution in [3.05, 3.63) is 29.7 Å². The number of tetrazole rings is 1. The van der Waals surface area contributed by atoms with Crippen LogP contribution in [-0.2, 0) is 13.6 Å². The van der Waals surface area contributed by atoms with Crippen molar-refractivity contribution in [3.63, 3.8) is 0 Å². The number of likely N-dealkylation sites (tertiary alicyclic amines) is 1. The molecule has 1 N–H and O–H groups in total. The van der Waals surface area contributed by atoms with E-state index in [0.717, 1.165) is 31.0 Å². The Morgan fingerprint density at radius 1 is 1.29 bits per heavy atom. The monoisotopic (exact) mass is 385 g/mol. The quantitative estimate of drug-likeness (QED) is 0.628. The van der Waals surface area contributed by atoms with Crippen molar-refractivity contribution in [1.29, 1.82) is 0 Å². The number of rotatable bonds is 5. The van der Waals surface area contributed by atoms with Crippen LogP contribution in [0.1, 0.15) is 40.8 Å². The van der Waals surface area contributed by atoms with Crippen LogP contribution in [0, 0.1) is 0 Å². The first kappa shape index (κ1) is 18.2. The number of aromatic nitrogens is 9. The second-order valence-electron chi connectivity index (χ2n) is 7.22. The number of piperidine rings is 1. The summed E-state index contributed by atoms with van der Waals surface area (Å²) in [7, 11) is 6.03. The Labute approximate surface area is 161 Å².